The molecule has 1 heterocycles. The van der Waals surface area contributed by atoms with Crippen molar-refractivity contribution in [3.8, 4) is 0 Å². The molecule has 108 valence electrons. The van der Waals surface area contributed by atoms with Crippen molar-refractivity contribution in [2.75, 3.05) is 5.75 Å². The molecule has 0 aromatic rings. The van der Waals surface area contributed by atoms with E-state index in [1.807, 2.05) is 0 Å². The van der Waals surface area contributed by atoms with E-state index in [9.17, 15) is 8.42 Å². The molecule has 1 spiro atoms. The van der Waals surface area contributed by atoms with Gasteiger partial charge in [0.1, 0.15) is 11.4 Å². The van der Waals surface area contributed by atoms with Crippen LogP contribution in [0.1, 0.15) is 64.2 Å². The molecule has 2 aliphatic carbocycles. The zero-order valence-electron chi connectivity index (χ0n) is 11.4. The monoisotopic (exact) mass is 285 g/mol. The predicted molar refractivity (Wildman–Crippen MR) is 74.7 cm³/mol. The number of rotatable bonds is 2. The molecule has 5 heteroatoms. The molecule has 0 aromatic heterocycles. The predicted octanol–water partition coefficient (Wildman–Crippen LogP) is 3.03. The SMILES string of the molecule is O=S1(=O)CC2(CCCC2)OC(CC2CCCCC2)=N1. The standard InChI is InChI=1S/C14H23NO3S/c16-19(17)11-14(8-4-5-9-14)18-13(15-19)10-12-6-2-1-3-7-12/h12H,1-11H2. The Morgan fingerprint density at radius 3 is 2.47 bits per heavy atom. The van der Waals surface area contributed by atoms with E-state index in [1.54, 1.807) is 0 Å². The van der Waals surface area contributed by atoms with Gasteiger partial charge in [-0.3, -0.25) is 0 Å². The molecule has 19 heavy (non-hydrogen) atoms. The molecule has 0 atom stereocenters. The van der Waals surface area contributed by atoms with Gasteiger partial charge < -0.3 is 4.74 Å². The topological polar surface area (TPSA) is 55.7 Å². The van der Waals surface area contributed by atoms with Crippen LogP contribution in [-0.4, -0.2) is 25.7 Å². The summed E-state index contributed by atoms with van der Waals surface area (Å²) in [6, 6.07) is 0. The van der Waals surface area contributed by atoms with Gasteiger partial charge in [0.25, 0.3) is 10.0 Å². The van der Waals surface area contributed by atoms with Crippen LogP contribution in [0.5, 0.6) is 0 Å². The maximum absolute atomic E-state index is 12.0. The van der Waals surface area contributed by atoms with E-state index < -0.39 is 15.6 Å². The third-order valence-corrected chi connectivity index (χ3v) is 6.10. The lowest BCUT2D eigenvalue weighted by molar-refractivity contribution is 0.0759. The number of hydrogen-bond acceptors (Lipinski definition) is 3. The molecule has 0 saturated heterocycles. The fourth-order valence-electron chi connectivity index (χ4n) is 3.80. The van der Waals surface area contributed by atoms with Gasteiger partial charge in [-0.2, -0.15) is 0 Å². The van der Waals surface area contributed by atoms with Crippen molar-refractivity contribution in [2.24, 2.45) is 10.3 Å². The highest BCUT2D eigenvalue weighted by Crippen LogP contribution is 2.38. The Balaban J connectivity index is 1.74. The highest BCUT2D eigenvalue weighted by molar-refractivity contribution is 7.90. The first-order chi connectivity index (χ1) is 9.07. The summed E-state index contributed by atoms with van der Waals surface area (Å²) in [7, 11) is -3.31. The fourth-order valence-corrected chi connectivity index (χ4v) is 5.30. The largest absolute Gasteiger partial charge is 0.472 e. The third kappa shape index (κ3) is 3.12. The summed E-state index contributed by atoms with van der Waals surface area (Å²) < 4.78 is 33.9. The van der Waals surface area contributed by atoms with Crippen LogP contribution in [0, 0.1) is 5.92 Å². The smallest absolute Gasteiger partial charge is 0.260 e. The molecule has 0 N–H and O–H groups in total. The lowest BCUT2D eigenvalue weighted by atomic mass is 9.87. The van der Waals surface area contributed by atoms with Crippen molar-refractivity contribution in [2.45, 2.75) is 69.8 Å². The third-order valence-electron chi connectivity index (χ3n) is 4.72. The van der Waals surface area contributed by atoms with E-state index in [2.05, 4.69) is 4.40 Å². The Morgan fingerprint density at radius 1 is 1.11 bits per heavy atom. The summed E-state index contributed by atoms with van der Waals surface area (Å²) in [4.78, 5) is 0. The van der Waals surface area contributed by atoms with E-state index >= 15 is 0 Å². The number of ether oxygens (including phenoxy) is 1. The van der Waals surface area contributed by atoms with Crippen LogP contribution in [0.2, 0.25) is 0 Å². The molecule has 3 aliphatic rings. The van der Waals surface area contributed by atoms with Gasteiger partial charge >= 0.3 is 0 Å². The zero-order chi connectivity index (χ0) is 13.3. The molecule has 0 amide bonds. The van der Waals surface area contributed by atoms with Crippen LogP contribution >= 0.6 is 0 Å². The zero-order valence-corrected chi connectivity index (χ0v) is 12.3. The first-order valence-electron chi connectivity index (χ1n) is 7.58. The molecule has 0 bridgehead atoms. The number of hydrogen-bond donors (Lipinski definition) is 0. The van der Waals surface area contributed by atoms with Gasteiger partial charge in [0.05, 0.1) is 0 Å². The van der Waals surface area contributed by atoms with Crippen LogP contribution in [0.3, 0.4) is 0 Å². The van der Waals surface area contributed by atoms with Crippen LogP contribution in [0.4, 0.5) is 0 Å². The first-order valence-corrected chi connectivity index (χ1v) is 9.18. The molecular formula is C14H23NO3S. The van der Waals surface area contributed by atoms with E-state index in [-0.39, 0.29) is 5.75 Å². The Labute approximate surface area is 115 Å². The minimum Gasteiger partial charge on any atom is -0.472 e. The lowest BCUT2D eigenvalue weighted by Gasteiger charge is -2.34. The van der Waals surface area contributed by atoms with E-state index in [0.29, 0.717) is 11.8 Å². The second kappa shape index (κ2) is 5.08. The van der Waals surface area contributed by atoms with Gasteiger partial charge in [0, 0.05) is 6.42 Å². The molecule has 3 rings (SSSR count). The van der Waals surface area contributed by atoms with Crippen LogP contribution < -0.4 is 0 Å². The van der Waals surface area contributed by atoms with E-state index in [1.165, 1.54) is 32.1 Å². The molecule has 4 nitrogen and oxygen atoms in total. The summed E-state index contributed by atoms with van der Waals surface area (Å²) in [5.74, 6) is 1.16. The molecule has 1 aliphatic heterocycles. The van der Waals surface area contributed by atoms with Crippen LogP contribution in [-0.2, 0) is 14.8 Å². The molecule has 2 saturated carbocycles. The summed E-state index contributed by atoms with van der Waals surface area (Å²) in [5, 5.41) is 0. The average Bonchev–Trinajstić information content (AvgIpc) is 2.75. The van der Waals surface area contributed by atoms with Gasteiger partial charge in [-0.05, 0) is 44.4 Å². The maximum atomic E-state index is 12.0. The van der Waals surface area contributed by atoms with Gasteiger partial charge in [0.15, 0.2) is 0 Å². The normalized spacial score (nSPS) is 30.0. The van der Waals surface area contributed by atoms with Crippen molar-refractivity contribution in [3.05, 3.63) is 0 Å². The number of sulfonamides is 1. The van der Waals surface area contributed by atoms with Crippen molar-refractivity contribution >= 4 is 15.9 Å². The first kappa shape index (κ1) is 13.4. The Kier molecular flexibility index (Phi) is 3.58. The molecule has 0 radical (unpaired) electrons. The summed E-state index contributed by atoms with van der Waals surface area (Å²) in [5.41, 5.74) is -0.440. The van der Waals surface area contributed by atoms with Gasteiger partial charge in [-0.15, -0.1) is 4.40 Å². The quantitative estimate of drug-likeness (QED) is 0.783. The van der Waals surface area contributed by atoms with Gasteiger partial charge in [-0.1, -0.05) is 19.3 Å². The van der Waals surface area contributed by atoms with Crippen molar-refractivity contribution < 1.29 is 13.2 Å². The van der Waals surface area contributed by atoms with Crippen molar-refractivity contribution in [1.29, 1.82) is 0 Å². The Morgan fingerprint density at radius 2 is 1.79 bits per heavy atom. The summed E-state index contributed by atoms with van der Waals surface area (Å²) in [6.07, 6.45) is 10.8. The number of nitrogens with zero attached hydrogens (tertiary/aromatic N) is 1. The molecule has 2 fully saturated rings. The molecule has 0 aromatic carbocycles. The minimum atomic E-state index is -3.31. The summed E-state index contributed by atoms with van der Waals surface area (Å²) >= 11 is 0. The second-order valence-electron chi connectivity index (χ2n) is 6.41. The van der Waals surface area contributed by atoms with Gasteiger partial charge in [-0.25, -0.2) is 8.42 Å². The lowest BCUT2D eigenvalue weighted by Crippen LogP contribution is -2.43. The average molecular weight is 285 g/mol. The van der Waals surface area contributed by atoms with Gasteiger partial charge in [0.2, 0.25) is 5.90 Å². The van der Waals surface area contributed by atoms with Crippen molar-refractivity contribution in [1.82, 2.24) is 0 Å². The second-order valence-corrected chi connectivity index (χ2v) is 8.05. The van der Waals surface area contributed by atoms with Crippen LogP contribution in [0.25, 0.3) is 0 Å². The highest BCUT2D eigenvalue weighted by Gasteiger charge is 2.44. The summed E-state index contributed by atoms with van der Waals surface area (Å²) in [6.45, 7) is 0. The maximum Gasteiger partial charge on any atom is 0.260 e. The molecule has 0 unspecified atom stereocenters. The van der Waals surface area contributed by atoms with E-state index in [0.717, 1.165) is 32.1 Å². The van der Waals surface area contributed by atoms with E-state index in [4.69, 9.17) is 4.74 Å². The fraction of sp³-hybridized carbons (Fsp3) is 0.929. The van der Waals surface area contributed by atoms with Crippen molar-refractivity contribution in [3.63, 3.8) is 0 Å². The molecular weight excluding hydrogens is 262 g/mol. The highest BCUT2D eigenvalue weighted by atomic mass is 32.2. The Hall–Kier alpha value is -0.580. The minimum absolute atomic E-state index is 0.0914. The Bertz CT molecular complexity index is 457. The van der Waals surface area contributed by atoms with Crippen LogP contribution in [0.15, 0.2) is 4.40 Å².